The van der Waals surface area contributed by atoms with Crippen LogP contribution in [0.5, 0.6) is 0 Å². The summed E-state index contributed by atoms with van der Waals surface area (Å²) >= 11 is 0. The van der Waals surface area contributed by atoms with E-state index in [0.29, 0.717) is 12.4 Å². The maximum absolute atomic E-state index is 14.1. The van der Waals surface area contributed by atoms with Crippen molar-refractivity contribution in [2.45, 2.75) is 31.3 Å². The zero-order valence-corrected chi connectivity index (χ0v) is 24.5. The number of rotatable bonds is 8. The van der Waals surface area contributed by atoms with Crippen LogP contribution in [0.15, 0.2) is 133 Å². The summed E-state index contributed by atoms with van der Waals surface area (Å²) in [5, 5.41) is 5.42. The van der Waals surface area contributed by atoms with Gasteiger partial charge < -0.3 is 15.5 Å². The van der Waals surface area contributed by atoms with Crippen LogP contribution in [0.25, 0.3) is 5.70 Å². The third kappa shape index (κ3) is 4.71. The molecule has 7 heteroatoms. The van der Waals surface area contributed by atoms with E-state index >= 15 is 0 Å². The van der Waals surface area contributed by atoms with E-state index in [0.717, 1.165) is 51.3 Å². The van der Waals surface area contributed by atoms with Crippen LogP contribution < -0.4 is 10.7 Å². The number of carbonyl (C=O) groups is 1. The quantitative estimate of drug-likeness (QED) is 0.158. The smallest absolute Gasteiger partial charge is 0.329 e. The molecule has 1 aromatic heterocycles. The number of aromatic nitrogens is 2. The van der Waals surface area contributed by atoms with Crippen molar-refractivity contribution in [1.29, 1.82) is 0 Å². The van der Waals surface area contributed by atoms with Crippen LogP contribution in [-0.2, 0) is 21.5 Å². The van der Waals surface area contributed by atoms with Gasteiger partial charge in [0, 0.05) is 11.9 Å². The number of ether oxygens (including phenoxy) is 1. The lowest BCUT2D eigenvalue weighted by Crippen LogP contribution is -2.58. The van der Waals surface area contributed by atoms with E-state index in [1.54, 1.807) is 0 Å². The first-order valence-electron chi connectivity index (χ1n) is 15.0. The standard InChI is InChI=1S/C37H33N5O2/c1-2-44-35(43)34-31-24-23-26-25-38-36(39-30-21-13-6-14-22-30)40-32(26)33(31)41-42(34)37(27-15-7-3-8-16-27,28-17-9-4-10-18-28)29-19-11-5-12-20-29/h3-22,25,34,41H,2,23-24H2,1H3,(H,38,39,40). The van der Waals surface area contributed by atoms with Gasteiger partial charge in [-0.2, -0.15) is 5.01 Å². The number of aryl methyl sites for hydroxylation is 1. The zero-order valence-electron chi connectivity index (χ0n) is 24.5. The van der Waals surface area contributed by atoms with Crippen molar-refractivity contribution < 1.29 is 9.53 Å². The molecule has 0 radical (unpaired) electrons. The molecule has 7 nitrogen and oxygen atoms in total. The fourth-order valence-electron chi connectivity index (χ4n) is 6.50. The highest BCUT2D eigenvalue weighted by Crippen LogP contribution is 2.48. The molecule has 1 unspecified atom stereocenters. The summed E-state index contributed by atoms with van der Waals surface area (Å²) in [7, 11) is 0. The van der Waals surface area contributed by atoms with Crippen LogP contribution in [0.1, 0.15) is 41.3 Å². The maximum Gasteiger partial charge on any atom is 0.329 e. The van der Waals surface area contributed by atoms with Crippen LogP contribution in [0, 0.1) is 0 Å². The Hall–Kier alpha value is -5.27. The van der Waals surface area contributed by atoms with Crippen molar-refractivity contribution in [1.82, 2.24) is 20.4 Å². The van der Waals surface area contributed by atoms with Crippen molar-refractivity contribution in [3.05, 3.63) is 161 Å². The van der Waals surface area contributed by atoms with Gasteiger partial charge in [0.2, 0.25) is 5.95 Å². The maximum atomic E-state index is 14.1. The summed E-state index contributed by atoms with van der Waals surface area (Å²) in [5.41, 5.74) is 10.5. The molecule has 5 aromatic rings. The lowest BCUT2D eigenvalue weighted by Gasteiger charge is -2.45. The average molecular weight is 580 g/mol. The van der Waals surface area contributed by atoms with E-state index in [1.165, 1.54) is 0 Å². The van der Waals surface area contributed by atoms with Crippen molar-refractivity contribution in [3.8, 4) is 0 Å². The van der Waals surface area contributed by atoms with Gasteiger partial charge in [0.25, 0.3) is 0 Å². The molecule has 1 aliphatic heterocycles. The lowest BCUT2D eigenvalue weighted by atomic mass is 9.75. The summed E-state index contributed by atoms with van der Waals surface area (Å²) in [6.07, 6.45) is 3.29. The van der Waals surface area contributed by atoms with Crippen LogP contribution in [0.4, 0.5) is 11.6 Å². The molecule has 0 fully saturated rings. The summed E-state index contributed by atoms with van der Waals surface area (Å²) in [6.45, 7) is 2.13. The fraction of sp³-hybridized carbons (Fsp3) is 0.162. The minimum absolute atomic E-state index is 0.282. The number of para-hydroxylation sites is 1. The second kappa shape index (κ2) is 11.8. The Morgan fingerprint density at radius 1 is 0.841 bits per heavy atom. The number of benzene rings is 4. The number of hydrogen-bond acceptors (Lipinski definition) is 7. The first kappa shape index (κ1) is 27.6. The number of anilines is 2. The molecular formula is C37H33N5O2. The molecule has 218 valence electrons. The van der Waals surface area contributed by atoms with Crippen molar-refractivity contribution in [2.24, 2.45) is 0 Å². The number of nitrogens with zero attached hydrogens (tertiary/aromatic N) is 3. The summed E-state index contributed by atoms with van der Waals surface area (Å²) in [5.74, 6) is 0.203. The number of hydrogen-bond donors (Lipinski definition) is 2. The van der Waals surface area contributed by atoms with Gasteiger partial charge in [-0.05, 0) is 59.7 Å². The Morgan fingerprint density at radius 3 is 1.93 bits per heavy atom. The molecule has 0 saturated carbocycles. The van der Waals surface area contributed by atoms with Crippen LogP contribution in [0.2, 0.25) is 0 Å². The highest BCUT2D eigenvalue weighted by Gasteiger charge is 2.53. The Balaban J connectivity index is 1.43. The second-order valence-electron chi connectivity index (χ2n) is 10.9. The van der Waals surface area contributed by atoms with Gasteiger partial charge in [-0.15, -0.1) is 0 Å². The summed E-state index contributed by atoms with van der Waals surface area (Å²) < 4.78 is 5.80. The normalized spacial score (nSPS) is 16.1. The Bertz CT molecular complexity index is 1700. The molecule has 0 amide bonds. The van der Waals surface area contributed by atoms with Crippen molar-refractivity contribution in [3.63, 3.8) is 0 Å². The molecule has 2 aliphatic rings. The Morgan fingerprint density at radius 2 is 1.39 bits per heavy atom. The number of carbonyl (C=O) groups excluding carboxylic acids is 1. The zero-order chi connectivity index (χ0) is 29.9. The van der Waals surface area contributed by atoms with Gasteiger partial charge in [-0.3, -0.25) is 0 Å². The first-order chi connectivity index (χ1) is 21.7. The lowest BCUT2D eigenvalue weighted by molar-refractivity contribution is -0.150. The van der Waals surface area contributed by atoms with Crippen molar-refractivity contribution in [2.75, 3.05) is 11.9 Å². The van der Waals surface area contributed by atoms with Gasteiger partial charge in [0.1, 0.15) is 5.54 Å². The predicted molar refractivity (Wildman–Crippen MR) is 172 cm³/mol. The van der Waals surface area contributed by atoms with Crippen LogP contribution in [-0.4, -0.2) is 33.6 Å². The van der Waals surface area contributed by atoms with Crippen molar-refractivity contribution >= 4 is 23.3 Å². The van der Waals surface area contributed by atoms with Crippen LogP contribution in [0.3, 0.4) is 0 Å². The molecule has 0 saturated heterocycles. The molecule has 2 N–H and O–H groups in total. The molecular weight excluding hydrogens is 546 g/mol. The SMILES string of the molecule is CCOC(=O)C1C2=C(NN1C(c1ccccc1)(c1ccccc1)c1ccccc1)c1nc(Nc3ccccc3)ncc1CC2. The van der Waals surface area contributed by atoms with Crippen LogP contribution >= 0.6 is 0 Å². The van der Waals surface area contributed by atoms with Gasteiger partial charge in [0.15, 0.2) is 6.04 Å². The largest absolute Gasteiger partial charge is 0.465 e. The minimum atomic E-state index is -0.892. The summed E-state index contributed by atoms with van der Waals surface area (Å²) in [4.78, 5) is 23.7. The number of fused-ring (bicyclic) bond motifs is 2. The molecule has 1 atom stereocenters. The van der Waals surface area contributed by atoms with Gasteiger partial charge in [0.05, 0.1) is 18.0 Å². The highest BCUT2D eigenvalue weighted by molar-refractivity contribution is 5.87. The third-order valence-corrected chi connectivity index (χ3v) is 8.38. The molecule has 0 spiro atoms. The molecule has 1 aliphatic carbocycles. The topological polar surface area (TPSA) is 79.4 Å². The van der Waals surface area contributed by atoms with E-state index in [-0.39, 0.29) is 12.6 Å². The van der Waals surface area contributed by atoms with E-state index in [1.807, 2.05) is 98.0 Å². The van der Waals surface area contributed by atoms with E-state index < -0.39 is 11.6 Å². The first-order valence-corrected chi connectivity index (χ1v) is 15.0. The molecule has 7 rings (SSSR count). The monoisotopic (exact) mass is 579 g/mol. The molecule has 2 heterocycles. The predicted octanol–water partition coefficient (Wildman–Crippen LogP) is 6.62. The highest BCUT2D eigenvalue weighted by atomic mass is 16.5. The van der Waals surface area contributed by atoms with Gasteiger partial charge in [-0.1, -0.05) is 109 Å². The fourth-order valence-corrected chi connectivity index (χ4v) is 6.50. The number of esters is 1. The second-order valence-corrected chi connectivity index (χ2v) is 10.9. The average Bonchev–Trinajstić information content (AvgIpc) is 3.48. The number of hydrazine groups is 1. The Labute approximate surface area is 257 Å². The summed E-state index contributed by atoms with van der Waals surface area (Å²) in [6, 6.07) is 40.2. The third-order valence-electron chi connectivity index (χ3n) is 8.38. The Kier molecular flexibility index (Phi) is 7.38. The van der Waals surface area contributed by atoms with Gasteiger partial charge >= 0.3 is 5.97 Å². The minimum Gasteiger partial charge on any atom is -0.465 e. The van der Waals surface area contributed by atoms with E-state index in [4.69, 9.17) is 9.72 Å². The number of nitrogens with one attached hydrogen (secondary N) is 2. The van der Waals surface area contributed by atoms with Gasteiger partial charge in [-0.25, -0.2) is 14.8 Å². The molecule has 4 aromatic carbocycles. The molecule has 0 bridgehead atoms. The molecule has 44 heavy (non-hydrogen) atoms. The van der Waals surface area contributed by atoms with E-state index in [9.17, 15) is 4.79 Å². The van der Waals surface area contributed by atoms with E-state index in [2.05, 4.69) is 57.1 Å².